The number of fused-ring (bicyclic) bond motifs is 1. The maximum atomic E-state index is 11.5. The minimum absolute atomic E-state index is 0.0849. The van der Waals surface area contributed by atoms with Crippen molar-refractivity contribution in [3.8, 4) is 0 Å². The van der Waals surface area contributed by atoms with Crippen LogP contribution in [0.15, 0.2) is 12.1 Å². The number of hydrogen-bond acceptors (Lipinski definition) is 4. The molecule has 2 heterocycles. The van der Waals surface area contributed by atoms with Gasteiger partial charge in [0.1, 0.15) is 0 Å². The highest BCUT2D eigenvalue weighted by molar-refractivity contribution is 7.22. The van der Waals surface area contributed by atoms with Crippen molar-refractivity contribution < 1.29 is 4.79 Å². The fourth-order valence-electron chi connectivity index (χ4n) is 2.28. The molecule has 0 unspecified atom stereocenters. The number of amides is 1. The Morgan fingerprint density at radius 3 is 2.95 bits per heavy atom. The number of nitrogens with one attached hydrogen (secondary N) is 1. The van der Waals surface area contributed by atoms with Gasteiger partial charge in [-0.1, -0.05) is 22.9 Å². The van der Waals surface area contributed by atoms with Crippen LogP contribution in [0.25, 0.3) is 10.2 Å². The summed E-state index contributed by atoms with van der Waals surface area (Å²) >= 11 is 7.69. The van der Waals surface area contributed by atoms with Crippen LogP contribution >= 0.6 is 22.9 Å². The Hall–Kier alpha value is -1.33. The predicted molar refractivity (Wildman–Crippen MR) is 79.1 cm³/mol. The van der Waals surface area contributed by atoms with Gasteiger partial charge >= 0.3 is 0 Å². The summed E-state index contributed by atoms with van der Waals surface area (Å²) in [6, 6.07) is 3.87. The topological polar surface area (TPSA) is 45.2 Å². The molecule has 6 heteroatoms. The summed E-state index contributed by atoms with van der Waals surface area (Å²) in [7, 11) is 1.67. The van der Waals surface area contributed by atoms with Gasteiger partial charge in [-0.05, 0) is 24.6 Å². The van der Waals surface area contributed by atoms with Crippen molar-refractivity contribution in [1.82, 2.24) is 10.3 Å². The highest BCUT2D eigenvalue weighted by atomic mass is 35.5. The fourth-order valence-corrected chi connectivity index (χ4v) is 3.72. The third-order valence-corrected chi connectivity index (χ3v) is 4.69. The monoisotopic (exact) mass is 295 g/mol. The Morgan fingerprint density at radius 2 is 2.26 bits per heavy atom. The zero-order chi connectivity index (χ0) is 13.6. The van der Waals surface area contributed by atoms with E-state index in [2.05, 4.69) is 15.2 Å². The Bertz CT molecular complexity index is 649. The largest absolute Gasteiger partial charge is 0.359 e. The lowest BCUT2D eigenvalue weighted by Crippen LogP contribution is -2.53. The van der Waals surface area contributed by atoms with Gasteiger partial charge in [0.25, 0.3) is 0 Å². The number of halogens is 1. The molecule has 1 aliphatic rings. The summed E-state index contributed by atoms with van der Waals surface area (Å²) in [4.78, 5) is 18.3. The molecule has 0 aliphatic carbocycles. The van der Waals surface area contributed by atoms with E-state index in [1.54, 1.807) is 18.4 Å². The Morgan fingerprint density at radius 1 is 1.53 bits per heavy atom. The summed E-state index contributed by atoms with van der Waals surface area (Å²) < 4.78 is 1.10. The number of aryl methyl sites for hydroxylation is 1. The third kappa shape index (κ3) is 2.17. The van der Waals surface area contributed by atoms with Gasteiger partial charge in [0.15, 0.2) is 5.13 Å². The molecule has 1 fully saturated rings. The number of carbonyl (C=O) groups excluding carboxylic acids is 1. The van der Waals surface area contributed by atoms with Crippen LogP contribution in [-0.2, 0) is 4.79 Å². The second-order valence-corrected chi connectivity index (χ2v) is 6.23. The first-order chi connectivity index (χ1) is 9.08. The predicted octanol–water partition coefficient (Wildman–Crippen LogP) is 2.44. The number of rotatable bonds is 2. The standard InChI is InChI=1S/C13H14ClN3OS/c1-7-3-9(14)4-10-11(7)16-13(19-10)17-5-8(6-17)12(18)15-2/h3-4,8H,5-6H2,1-2H3,(H,15,18). The van der Waals surface area contributed by atoms with Crippen LogP contribution in [0.4, 0.5) is 5.13 Å². The summed E-state index contributed by atoms with van der Waals surface area (Å²) in [5, 5.41) is 4.40. The quantitative estimate of drug-likeness (QED) is 0.925. The van der Waals surface area contributed by atoms with Gasteiger partial charge in [-0.25, -0.2) is 4.98 Å². The van der Waals surface area contributed by atoms with Crippen molar-refractivity contribution in [1.29, 1.82) is 0 Å². The normalized spacial score (nSPS) is 15.6. The van der Waals surface area contributed by atoms with E-state index in [9.17, 15) is 4.79 Å². The number of carbonyl (C=O) groups is 1. The summed E-state index contributed by atoms with van der Waals surface area (Å²) in [6.45, 7) is 3.50. The molecule has 1 aromatic carbocycles. The molecule has 1 saturated heterocycles. The molecule has 1 amide bonds. The van der Waals surface area contributed by atoms with E-state index in [0.29, 0.717) is 0 Å². The molecule has 0 atom stereocenters. The van der Waals surface area contributed by atoms with E-state index < -0.39 is 0 Å². The van der Waals surface area contributed by atoms with Crippen LogP contribution in [0.1, 0.15) is 5.56 Å². The van der Waals surface area contributed by atoms with E-state index in [1.807, 2.05) is 19.1 Å². The smallest absolute Gasteiger partial charge is 0.226 e. The first-order valence-electron chi connectivity index (χ1n) is 6.11. The lowest BCUT2D eigenvalue weighted by Gasteiger charge is -2.37. The SMILES string of the molecule is CNC(=O)C1CN(c2nc3c(C)cc(Cl)cc3s2)C1. The van der Waals surface area contributed by atoms with Crippen molar-refractivity contribution in [3.05, 3.63) is 22.7 Å². The van der Waals surface area contributed by atoms with Crippen molar-refractivity contribution in [2.24, 2.45) is 5.92 Å². The van der Waals surface area contributed by atoms with Gasteiger partial charge in [-0.3, -0.25) is 4.79 Å². The molecule has 1 aliphatic heterocycles. The summed E-state index contributed by atoms with van der Waals surface area (Å²) in [5.41, 5.74) is 2.10. The van der Waals surface area contributed by atoms with Crippen molar-refractivity contribution in [3.63, 3.8) is 0 Å². The molecule has 0 saturated carbocycles. The maximum Gasteiger partial charge on any atom is 0.226 e. The number of benzene rings is 1. The molecule has 0 bridgehead atoms. The lowest BCUT2D eigenvalue weighted by molar-refractivity contribution is -0.125. The number of aromatic nitrogens is 1. The van der Waals surface area contributed by atoms with E-state index >= 15 is 0 Å². The number of thiazole rings is 1. The molecule has 100 valence electrons. The van der Waals surface area contributed by atoms with E-state index in [-0.39, 0.29) is 11.8 Å². The fraction of sp³-hybridized carbons (Fsp3) is 0.385. The van der Waals surface area contributed by atoms with Gasteiger partial charge in [0, 0.05) is 25.2 Å². The van der Waals surface area contributed by atoms with Crippen LogP contribution in [0, 0.1) is 12.8 Å². The zero-order valence-electron chi connectivity index (χ0n) is 10.7. The summed E-state index contributed by atoms with van der Waals surface area (Å²) in [5.74, 6) is 0.193. The van der Waals surface area contributed by atoms with E-state index in [0.717, 1.165) is 39.0 Å². The molecule has 1 aromatic heterocycles. The molecular formula is C13H14ClN3OS. The molecule has 1 N–H and O–H groups in total. The van der Waals surface area contributed by atoms with Crippen molar-refractivity contribution in [2.45, 2.75) is 6.92 Å². The molecule has 0 radical (unpaired) electrons. The second kappa shape index (κ2) is 4.65. The number of anilines is 1. The Balaban J connectivity index is 1.84. The maximum absolute atomic E-state index is 11.5. The van der Waals surface area contributed by atoms with E-state index in [4.69, 9.17) is 11.6 Å². The van der Waals surface area contributed by atoms with Crippen LogP contribution in [0.3, 0.4) is 0 Å². The minimum atomic E-state index is 0.0849. The van der Waals surface area contributed by atoms with Crippen LogP contribution in [0.2, 0.25) is 5.02 Å². The minimum Gasteiger partial charge on any atom is -0.359 e. The highest BCUT2D eigenvalue weighted by Gasteiger charge is 2.33. The van der Waals surface area contributed by atoms with Gasteiger partial charge in [0.05, 0.1) is 16.1 Å². The van der Waals surface area contributed by atoms with E-state index in [1.165, 1.54) is 0 Å². The first-order valence-corrected chi connectivity index (χ1v) is 7.31. The zero-order valence-corrected chi connectivity index (χ0v) is 12.3. The van der Waals surface area contributed by atoms with Crippen molar-refractivity contribution in [2.75, 3.05) is 25.0 Å². The van der Waals surface area contributed by atoms with Gasteiger partial charge in [-0.15, -0.1) is 0 Å². The van der Waals surface area contributed by atoms with Gasteiger partial charge < -0.3 is 10.2 Å². The molecule has 4 nitrogen and oxygen atoms in total. The summed E-state index contributed by atoms with van der Waals surface area (Å²) in [6.07, 6.45) is 0. The van der Waals surface area contributed by atoms with Crippen molar-refractivity contribution >= 4 is 44.2 Å². The molecule has 2 aromatic rings. The van der Waals surface area contributed by atoms with Crippen LogP contribution in [0.5, 0.6) is 0 Å². The highest BCUT2D eigenvalue weighted by Crippen LogP contribution is 2.35. The molecule has 0 spiro atoms. The second-order valence-electron chi connectivity index (χ2n) is 4.78. The first kappa shape index (κ1) is 12.7. The molecular weight excluding hydrogens is 282 g/mol. The molecule has 19 heavy (non-hydrogen) atoms. The average molecular weight is 296 g/mol. The lowest BCUT2D eigenvalue weighted by atomic mass is 10.0. The van der Waals surface area contributed by atoms with Crippen LogP contribution < -0.4 is 10.2 Å². The van der Waals surface area contributed by atoms with Gasteiger partial charge in [0.2, 0.25) is 5.91 Å². The Labute approximate surface area is 120 Å². The van der Waals surface area contributed by atoms with Gasteiger partial charge in [-0.2, -0.15) is 0 Å². The Kier molecular flexibility index (Phi) is 3.11. The third-order valence-electron chi connectivity index (χ3n) is 3.41. The number of nitrogens with zero attached hydrogens (tertiary/aromatic N) is 2. The number of hydrogen-bond donors (Lipinski definition) is 1. The van der Waals surface area contributed by atoms with Crippen LogP contribution in [-0.4, -0.2) is 31.0 Å². The molecule has 3 rings (SSSR count). The average Bonchev–Trinajstić information content (AvgIpc) is 2.70.